The van der Waals surface area contributed by atoms with Gasteiger partial charge in [-0.25, -0.2) is 4.79 Å². The van der Waals surface area contributed by atoms with Gasteiger partial charge in [0.2, 0.25) is 5.79 Å². The Morgan fingerprint density at radius 1 is 1.03 bits per heavy atom. The third-order valence-corrected chi connectivity index (χ3v) is 6.20. The van der Waals surface area contributed by atoms with Crippen LogP contribution >= 0.6 is 0 Å². The second-order valence-electron chi connectivity index (χ2n) is 9.47. The monoisotopic (exact) mass is 536 g/mol. The molecule has 0 radical (unpaired) electrons. The van der Waals surface area contributed by atoms with Crippen LogP contribution in [0.3, 0.4) is 0 Å². The molecule has 2 heterocycles. The van der Waals surface area contributed by atoms with E-state index in [1.165, 1.54) is 6.08 Å². The molecule has 2 aliphatic rings. The minimum Gasteiger partial charge on any atom is -0.463 e. The molecular weight excluding hydrogens is 496 g/mol. The molecule has 0 amide bonds. The van der Waals surface area contributed by atoms with Crippen LogP contribution in [0.4, 0.5) is 0 Å². The zero-order valence-corrected chi connectivity index (χ0v) is 21.3. The lowest BCUT2D eigenvalue weighted by atomic mass is 9.98. The maximum absolute atomic E-state index is 12.4. The van der Waals surface area contributed by atoms with E-state index >= 15 is 0 Å². The van der Waals surface area contributed by atoms with Crippen molar-refractivity contribution in [3.63, 3.8) is 0 Å². The largest absolute Gasteiger partial charge is 0.463 e. The Balaban J connectivity index is 2.20. The Morgan fingerprint density at radius 3 is 2.30 bits per heavy atom. The molecule has 2 aliphatic heterocycles. The number of aliphatic hydroxyl groups is 6. The number of rotatable bonds is 13. The third kappa shape index (κ3) is 7.91. The van der Waals surface area contributed by atoms with E-state index in [1.807, 2.05) is 6.92 Å². The molecule has 0 spiro atoms. The van der Waals surface area contributed by atoms with E-state index < -0.39 is 92.5 Å². The van der Waals surface area contributed by atoms with Gasteiger partial charge >= 0.3 is 11.9 Å². The molecule has 0 aromatic rings. The number of hydrogen-bond donors (Lipinski definition) is 6. The van der Waals surface area contributed by atoms with E-state index in [4.69, 9.17) is 23.7 Å². The van der Waals surface area contributed by atoms with Gasteiger partial charge in [0, 0.05) is 6.08 Å². The predicted molar refractivity (Wildman–Crippen MR) is 125 cm³/mol. The van der Waals surface area contributed by atoms with Crippen LogP contribution in [0.1, 0.15) is 46.5 Å². The third-order valence-electron chi connectivity index (χ3n) is 6.20. The van der Waals surface area contributed by atoms with Crippen LogP contribution in [-0.2, 0) is 33.3 Å². The fourth-order valence-electron chi connectivity index (χ4n) is 3.95. The minimum atomic E-state index is -2.32. The fourth-order valence-corrected chi connectivity index (χ4v) is 3.95. The normalized spacial score (nSPS) is 36.3. The molecule has 6 N–H and O–H groups in total. The van der Waals surface area contributed by atoms with Crippen molar-refractivity contribution >= 4 is 11.9 Å². The zero-order chi connectivity index (χ0) is 27.8. The van der Waals surface area contributed by atoms with Gasteiger partial charge < -0.3 is 54.3 Å². The van der Waals surface area contributed by atoms with Crippen molar-refractivity contribution in [1.29, 1.82) is 0 Å². The second-order valence-corrected chi connectivity index (χ2v) is 9.47. The molecule has 2 fully saturated rings. The van der Waals surface area contributed by atoms with E-state index in [0.29, 0.717) is 6.42 Å². The van der Waals surface area contributed by atoms with E-state index in [2.05, 4.69) is 0 Å². The quantitative estimate of drug-likeness (QED) is 0.0903. The summed E-state index contributed by atoms with van der Waals surface area (Å²) in [6.07, 6.45) is -6.72. The Kier molecular flexibility index (Phi) is 12.3. The van der Waals surface area contributed by atoms with Crippen LogP contribution in [0, 0.1) is 5.92 Å². The molecule has 13 heteroatoms. The summed E-state index contributed by atoms with van der Waals surface area (Å²) in [6.45, 7) is 3.03. The summed E-state index contributed by atoms with van der Waals surface area (Å²) in [5.74, 6) is -4.22. The van der Waals surface area contributed by atoms with E-state index in [1.54, 1.807) is 19.9 Å². The molecule has 0 saturated carbocycles. The summed E-state index contributed by atoms with van der Waals surface area (Å²) in [6, 6.07) is 0. The van der Waals surface area contributed by atoms with E-state index in [0.717, 1.165) is 19.3 Å². The van der Waals surface area contributed by atoms with E-state index in [-0.39, 0.29) is 0 Å². The highest BCUT2D eigenvalue weighted by Gasteiger charge is 2.58. The van der Waals surface area contributed by atoms with Crippen molar-refractivity contribution < 1.29 is 63.9 Å². The number of aliphatic hydroxyl groups excluding tert-OH is 6. The minimum absolute atomic E-state index is 0.490. The van der Waals surface area contributed by atoms with Crippen molar-refractivity contribution in [1.82, 2.24) is 0 Å². The fraction of sp³-hybridized carbons (Fsp3) is 0.833. The van der Waals surface area contributed by atoms with Gasteiger partial charge in [-0.3, -0.25) is 4.79 Å². The van der Waals surface area contributed by atoms with Gasteiger partial charge in [0.15, 0.2) is 12.4 Å². The highest BCUT2D eigenvalue weighted by atomic mass is 16.8. The molecule has 0 aromatic carbocycles. The lowest BCUT2D eigenvalue weighted by molar-refractivity contribution is -0.383. The van der Waals surface area contributed by atoms with Crippen LogP contribution in [-0.4, -0.2) is 117 Å². The number of hydrogen-bond acceptors (Lipinski definition) is 13. The highest BCUT2D eigenvalue weighted by molar-refractivity contribution is 5.82. The highest BCUT2D eigenvalue weighted by Crippen LogP contribution is 2.36. The standard InChI is InChI=1S/C24H40O13/c1-4-5-6-7-8-9-16(27)35-20-15(11-33-22(32)13(2)3)34-23(19(30)18(20)29)37-24(12-26)21(31)17(28)14(10-25)36-24/h8-9,13-15,17-21,23,25-26,28-31H,4-7,10-12H2,1-3H3/b9-8+/t14-,15-,17-,18-,19-,20-,21+,23-,24?/m1/s1. The van der Waals surface area contributed by atoms with E-state index in [9.17, 15) is 40.2 Å². The van der Waals surface area contributed by atoms with Crippen LogP contribution in [0.2, 0.25) is 0 Å². The maximum atomic E-state index is 12.4. The first-order chi connectivity index (χ1) is 17.5. The SMILES string of the molecule is CCCCC/C=C/C(=O)O[C@H]1[C@H](O)[C@@H](O)[C@@H](OC2(CO)O[C@H](CO)[C@@H](O)[C@@H]2O)O[C@@H]1COC(=O)C(C)C. The number of allylic oxidation sites excluding steroid dienone is 1. The lowest BCUT2D eigenvalue weighted by Gasteiger charge is -2.44. The van der Waals surface area contributed by atoms with Crippen LogP contribution in [0.15, 0.2) is 12.2 Å². The van der Waals surface area contributed by atoms with Gasteiger partial charge in [-0.1, -0.05) is 39.7 Å². The van der Waals surface area contributed by atoms with Gasteiger partial charge in [0.25, 0.3) is 0 Å². The number of carbonyl (C=O) groups is 2. The second kappa shape index (κ2) is 14.5. The molecule has 37 heavy (non-hydrogen) atoms. The molecule has 0 aromatic heterocycles. The Bertz CT molecular complexity index is 759. The summed E-state index contributed by atoms with van der Waals surface area (Å²) < 4.78 is 27.0. The number of unbranched alkanes of at least 4 members (excludes halogenated alkanes) is 3. The molecule has 0 aliphatic carbocycles. The first-order valence-electron chi connectivity index (χ1n) is 12.5. The van der Waals surface area contributed by atoms with Crippen LogP contribution in [0.25, 0.3) is 0 Å². The summed E-state index contributed by atoms with van der Waals surface area (Å²) in [4.78, 5) is 24.4. The smallest absolute Gasteiger partial charge is 0.330 e. The van der Waals surface area contributed by atoms with Crippen LogP contribution < -0.4 is 0 Å². The average molecular weight is 537 g/mol. The van der Waals surface area contributed by atoms with Crippen molar-refractivity contribution in [2.75, 3.05) is 19.8 Å². The molecule has 2 rings (SSSR count). The summed E-state index contributed by atoms with van der Waals surface area (Å²) in [5, 5.41) is 61.1. The zero-order valence-electron chi connectivity index (χ0n) is 21.3. The van der Waals surface area contributed by atoms with Crippen molar-refractivity contribution in [2.24, 2.45) is 5.92 Å². The molecule has 9 atom stereocenters. The van der Waals surface area contributed by atoms with Gasteiger partial charge in [-0.15, -0.1) is 0 Å². The predicted octanol–water partition coefficient (Wildman–Crippen LogP) is -1.50. The molecule has 2 saturated heterocycles. The molecular formula is C24H40O13. The van der Waals surface area contributed by atoms with Gasteiger partial charge in [0.1, 0.15) is 49.8 Å². The summed E-state index contributed by atoms with van der Waals surface area (Å²) in [7, 11) is 0. The molecule has 13 nitrogen and oxygen atoms in total. The van der Waals surface area contributed by atoms with Crippen molar-refractivity contribution in [3.05, 3.63) is 12.2 Å². The topological polar surface area (TPSA) is 202 Å². The first kappa shape index (κ1) is 31.5. The first-order valence-corrected chi connectivity index (χ1v) is 12.5. The van der Waals surface area contributed by atoms with Crippen molar-refractivity contribution in [3.8, 4) is 0 Å². The molecule has 1 unspecified atom stereocenters. The number of esters is 2. The Morgan fingerprint density at radius 2 is 1.73 bits per heavy atom. The molecule has 0 bridgehead atoms. The average Bonchev–Trinajstić information content (AvgIpc) is 3.12. The summed E-state index contributed by atoms with van der Waals surface area (Å²) in [5.41, 5.74) is 0. The van der Waals surface area contributed by atoms with Gasteiger partial charge in [-0.05, 0) is 12.8 Å². The van der Waals surface area contributed by atoms with Gasteiger partial charge in [-0.2, -0.15) is 0 Å². The summed E-state index contributed by atoms with van der Waals surface area (Å²) >= 11 is 0. The van der Waals surface area contributed by atoms with Gasteiger partial charge in [0.05, 0.1) is 12.5 Å². The maximum Gasteiger partial charge on any atom is 0.330 e. The number of ether oxygens (including phenoxy) is 5. The lowest BCUT2D eigenvalue weighted by Crippen LogP contribution is -2.63. The van der Waals surface area contributed by atoms with Crippen LogP contribution in [0.5, 0.6) is 0 Å². The Hall–Kier alpha value is -1.68. The number of carbonyl (C=O) groups excluding carboxylic acids is 2. The Labute approximate surface area is 215 Å². The molecule has 214 valence electrons. The van der Waals surface area contributed by atoms with Crippen molar-refractivity contribution in [2.45, 2.75) is 101 Å².